The van der Waals surface area contributed by atoms with Gasteiger partial charge in [-0.25, -0.2) is 14.2 Å². The van der Waals surface area contributed by atoms with Crippen LogP contribution in [0.4, 0.5) is 23.8 Å². The number of rotatable bonds is 3. The summed E-state index contributed by atoms with van der Waals surface area (Å²) in [5.41, 5.74) is 0. The van der Waals surface area contributed by atoms with E-state index in [1.807, 2.05) is 0 Å². The van der Waals surface area contributed by atoms with Gasteiger partial charge in [-0.3, -0.25) is 5.32 Å². The van der Waals surface area contributed by atoms with Crippen molar-refractivity contribution in [1.82, 2.24) is 4.98 Å². The van der Waals surface area contributed by atoms with Crippen LogP contribution in [0.25, 0.3) is 0 Å². The summed E-state index contributed by atoms with van der Waals surface area (Å²) in [5.74, 6) is -2.19. The molecule has 0 bridgehead atoms. The van der Waals surface area contributed by atoms with Crippen LogP contribution in [0.3, 0.4) is 0 Å². The average molecular weight is 222 g/mol. The quantitative estimate of drug-likeness (QED) is 0.819. The highest BCUT2D eigenvalue weighted by molar-refractivity contribution is 5.81. The molecular weight excluding hydrogens is 217 g/mol. The molecule has 0 unspecified atom stereocenters. The number of carbonyl (C=O) groups is 1. The van der Waals surface area contributed by atoms with Crippen LogP contribution >= 0.6 is 0 Å². The maximum Gasteiger partial charge on any atom is 0.410 e. The molecule has 0 radical (unpaired) electrons. The Morgan fingerprint density at radius 3 is 2.80 bits per heavy atom. The maximum atomic E-state index is 12.8. The molecule has 0 atom stereocenters. The number of anilines is 1. The van der Waals surface area contributed by atoms with Gasteiger partial charge < -0.3 is 9.84 Å². The van der Waals surface area contributed by atoms with Crippen molar-refractivity contribution in [3.8, 4) is 5.75 Å². The summed E-state index contributed by atoms with van der Waals surface area (Å²) in [4.78, 5) is 13.4. The molecule has 82 valence electrons. The van der Waals surface area contributed by atoms with Gasteiger partial charge in [0.05, 0.1) is 6.20 Å². The summed E-state index contributed by atoms with van der Waals surface area (Å²) in [6.45, 7) is -3.19. The Kier molecular flexibility index (Phi) is 3.32. The van der Waals surface area contributed by atoms with Gasteiger partial charge in [-0.15, -0.1) is 0 Å². The molecule has 0 aliphatic heterocycles. The molecule has 0 saturated carbocycles. The van der Waals surface area contributed by atoms with Crippen LogP contribution in [-0.4, -0.2) is 22.8 Å². The van der Waals surface area contributed by atoms with Crippen LogP contribution in [0, 0.1) is 5.82 Å². The number of hydrogen-bond donors (Lipinski definition) is 2. The normalized spacial score (nSPS) is 10.1. The van der Waals surface area contributed by atoms with Crippen molar-refractivity contribution >= 4 is 11.9 Å². The number of alkyl halides is 2. The lowest BCUT2D eigenvalue weighted by Gasteiger charge is -2.06. The average Bonchev–Trinajstić information content (AvgIpc) is 2.09. The topological polar surface area (TPSA) is 71.5 Å². The molecule has 1 aromatic heterocycles. The molecule has 8 heteroatoms. The van der Waals surface area contributed by atoms with E-state index >= 15 is 0 Å². The number of halogens is 3. The minimum Gasteiger partial charge on any atom is -0.465 e. The lowest BCUT2D eigenvalue weighted by Crippen LogP contribution is -2.10. The van der Waals surface area contributed by atoms with Crippen LogP contribution in [-0.2, 0) is 0 Å². The number of hydrogen-bond acceptors (Lipinski definition) is 3. The van der Waals surface area contributed by atoms with E-state index in [1.165, 1.54) is 0 Å². The van der Waals surface area contributed by atoms with Gasteiger partial charge in [-0.05, 0) is 0 Å². The van der Waals surface area contributed by atoms with Crippen LogP contribution in [0.15, 0.2) is 12.3 Å². The molecule has 1 aromatic rings. The lowest BCUT2D eigenvalue weighted by atomic mass is 10.4. The summed E-state index contributed by atoms with van der Waals surface area (Å²) in [6, 6.07) is 0.718. The molecule has 0 aliphatic rings. The largest absolute Gasteiger partial charge is 0.465 e. The minimum absolute atomic E-state index is 0.306. The molecule has 0 aliphatic carbocycles. The fraction of sp³-hybridized carbons (Fsp3) is 0.143. The number of nitrogens with one attached hydrogen (secondary N) is 1. The lowest BCUT2D eigenvalue weighted by molar-refractivity contribution is -0.0522. The standard InChI is InChI=1S/C7H5F3N2O3/c8-3-2-11-5(12-7(13)14)1-4(3)15-6(9)10/h1-2,6H,(H,11,12)(H,13,14). The predicted octanol–water partition coefficient (Wildman–Crippen LogP) is 1.91. The third-order valence-electron chi connectivity index (χ3n) is 1.27. The van der Waals surface area contributed by atoms with Gasteiger partial charge >= 0.3 is 12.7 Å². The monoisotopic (exact) mass is 222 g/mol. The third-order valence-corrected chi connectivity index (χ3v) is 1.27. The summed E-state index contributed by atoms with van der Waals surface area (Å²) >= 11 is 0. The van der Waals surface area contributed by atoms with Gasteiger partial charge in [-0.2, -0.15) is 8.78 Å². The molecule has 5 nitrogen and oxygen atoms in total. The van der Waals surface area contributed by atoms with Crippen molar-refractivity contribution in [2.24, 2.45) is 0 Å². The number of ether oxygens (including phenoxy) is 1. The van der Waals surface area contributed by atoms with Gasteiger partial charge in [-0.1, -0.05) is 0 Å². The SMILES string of the molecule is O=C(O)Nc1cc(OC(F)F)c(F)cn1. The Balaban J connectivity index is 2.89. The molecule has 15 heavy (non-hydrogen) atoms. The fourth-order valence-electron chi connectivity index (χ4n) is 0.784. The fourth-order valence-corrected chi connectivity index (χ4v) is 0.784. The highest BCUT2D eigenvalue weighted by atomic mass is 19.3. The second-order valence-electron chi connectivity index (χ2n) is 2.31. The van der Waals surface area contributed by atoms with Crippen molar-refractivity contribution in [2.45, 2.75) is 6.61 Å². The van der Waals surface area contributed by atoms with E-state index in [4.69, 9.17) is 5.11 Å². The van der Waals surface area contributed by atoms with Crippen LogP contribution in [0.5, 0.6) is 5.75 Å². The third kappa shape index (κ3) is 3.33. The Hall–Kier alpha value is -1.99. The van der Waals surface area contributed by atoms with Crippen molar-refractivity contribution in [1.29, 1.82) is 0 Å². The van der Waals surface area contributed by atoms with Gasteiger partial charge in [0.15, 0.2) is 11.6 Å². The van der Waals surface area contributed by atoms with Crippen molar-refractivity contribution in [3.05, 3.63) is 18.1 Å². The van der Waals surface area contributed by atoms with Crippen molar-refractivity contribution in [3.63, 3.8) is 0 Å². The number of carboxylic acid groups (broad SMARTS) is 1. The zero-order valence-electron chi connectivity index (χ0n) is 7.08. The van der Waals surface area contributed by atoms with Crippen LogP contribution in [0.2, 0.25) is 0 Å². The molecular formula is C7H5F3N2O3. The first kappa shape index (κ1) is 11.1. The second-order valence-corrected chi connectivity index (χ2v) is 2.31. The van der Waals surface area contributed by atoms with E-state index in [1.54, 1.807) is 5.32 Å². The van der Waals surface area contributed by atoms with Gasteiger partial charge in [0.2, 0.25) is 0 Å². The maximum absolute atomic E-state index is 12.8. The van der Waals surface area contributed by atoms with Crippen LogP contribution < -0.4 is 10.1 Å². The zero-order valence-corrected chi connectivity index (χ0v) is 7.08. The van der Waals surface area contributed by atoms with Crippen molar-refractivity contribution < 1.29 is 27.8 Å². The molecule has 1 rings (SSSR count). The predicted molar refractivity (Wildman–Crippen MR) is 42.5 cm³/mol. The van der Waals surface area contributed by atoms with Gasteiger partial charge in [0.1, 0.15) is 5.82 Å². The summed E-state index contributed by atoms with van der Waals surface area (Å²) in [6.07, 6.45) is -0.875. The van der Waals surface area contributed by atoms with Gasteiger partial charge in [0.25, 0.3) is 0 Å². The number of amides is 1. The highest BCUT2D eigenvalue weighted by Gasteiger charge is 2.12. The summed E-state index contributed by atoms with van der Waals surface area (Å²) in [5, 5.41) is 10.0. The van der Waals surface area contributed by atoms with Crippen LogP contribution in [0.1, 0.15) is 0 Å². The van der Waals surface area contributed by atoms with E-state index in [-0.39, 0.29) is 5.82 Å². The second kappa shape index (κ2) is 4.49. The van der Waals surface area contributed by atoms with Gasteiger partial charge in [0, 0.05) is 6.07 Å². The molecule has 0 fully saturated rings. The van der Waals surface area contributed by atoms with E-state index in [2.05, 4.69) is 9.72 Å². The Labute approximate surface area is 81.5 Å². The summed E-state index contributed by atoms with van der Waals surface area (Å²) in [7, 11) is 0. The number of nitrogens with zero attached hydrogens (tertiary/aromatic N) is 1. The van der Waals surface area contributed by atoms with Crippen molar-refractivity contribution in [2.75, 3.05) is 5.32 Å². The first-order valence-corrected chi connectivity index (χ1v) is 3.59. The zero-order chi connectivity index (χ0) is 11.4. The molecule has 1 heterocycles. The van der Waals surface area contributed by atoms with E-state index in [0.29, 0.717) is 6.20 Å². The number of pyridine rings is 1. The summed E-state index contributed by atoms with van der Waals surface area (Å²) < 4.78 is 40.1. The van der Waals surface area contributed by atoms with E-state index < -0.39 is 24.3 Å². The minimum atomic E-state index is -3.19. The molecule has 0 aromatic carbocycles. The Morgan fingerprint density at radius 2 is 2.27 bits per heavy atom. The Morgan fingerprint density at radius 1 is 1.60 bits per heavy atom. The van der Waals surface area contributed by atoms with E-state index in [0.717, 1.165) is 6.07 Å². The first-order chi connectivity index (χ1) is 6.99. The molecule has 2 N–H and O–H groups in total. The van der Waals surface area contributed by atoms with E-state index in [9.17, 15) is 18.0 Å². The first-order valence-electron chi connectivity index (χ1n) is 3.59. The molecule has 0 saturated heterocycles. The number of aromatic nitrogens is 1. The Bertz CT molecular complexity index is 372. The smallest absolute Gasteiger partial charge is 0.410 e. The molecule has 0 spiro atoms. The molecule has 1 amide bonds. The highest BCUT2D eigenvalue weighted by Crippen LogP contribution is 2.21.